The summed E-state index contributed by atoms with van der Waals surface area (Å²) in [6, 6.07) is 0.641. The number of nitrogens with zero attached hydrogens (tertiary/aromatic N) is 1. The molecule has 0 aliphatic carbocycles. The molecule has 0 spiro atoms. The maximum absolute atomic E-state index is 11.6. The fraction of sp³-hybridized carbons (Fsp3) is 0.929. The van der Waals surface area contributed by atoms with Crippen LogP contribution in [0.5, 0.6) is 0 Å². The highest BCUT2D eigenvalue weighted by molar-refractivity contribution is 5.67. The molecule has 1 aliphatic heterocycles. The summed E-state index contributed by atoms with van der Waals surface area (Å²) in [5.74, 6) is 0. The molecule has 1 amide bonds. The molecular formula is C14H29N3O3. The van der Waals surface area contributed by atoms with E-state index < -0.39 is 5.60 Å². The molecule has 0 aromatic rings. The summed E-state index contributed by atoms with van der Waals surface area (Å²) < 4.78 is 10.6. The van der Waals surface area contributed by atoms with Gasteiger partial charge in [-0.1, -0.05) is 0 Å². The van der Waals surface area contributed by atoms with Gasteiger partial charge in [0.25, 0.3) is 0 Å². The van der Waals surface area contributed by atoms with Crippen molar-refractivity contribution in [2.24, 2.45) is 5.73 Å². The summed E-state index contributed by atoms with van der Waals surface area (Å²) in [5.41, 5.74) is 5.40. The van der Waals surface area contributed by atoms with Crippen LogP contribution >= 0.6 is 0 Å². The fourth-order valence-corrected chi connectivity index (χ4v) is 2.36. The standard InChI is InChI=1S/C14H29N3O3/c1-11-10-19-8-7-17(11)12(9-15)5-6-16-13(18)20-14(2,3)4/h11-12H,5-10,15H2,1-4H3,(H,16,18). The van der Waals surface area contributed by atoms with Crippen molar-refractivity contribution in [3.05, 3.63) is 0 Å². The number of hydrogen-bond donors (Lipinski definition) is 2. The van der Waals surface area contributed by atoms with E-state index >= 15 is 0 Å². The van der Waals surface area contributed by atoms with Crippen molar-refractivity contribution < 1.29 is 14.3 Å². The highest BCUT2D eigenvalue weighted by atomic mass is 16.6. The lowest BCUT2D eigenvalue weighted by Crippen LogP contribution is -2.52. The summed E-state index contributed by atoms with van der Waals surface area (Å²) in [5, 5.41) is 2.78. The van der Waals surface area contributed by atoms with E-state index in [1.165, 1.54) is 0 Å². The highest BCUT2D eigenvalue weighted by Gasteiger charge is 2.25. The van der Waals surface area contributed by atoms with E-state index in [9.17, 15) is 4.79 Å². The van der Waals surface area contributed by atoms with Crippen LogP contribution in [0.4, 0.5) is 4.79 Å². The Bertz CT molecular complexity index is 305. The van der Waals surface area contributed by atoms with Gasteiger partial charge in [-0.25, -0.2) is 4.79 Å². The topological polar surface area (TPSA) is 76.8 Å². The van der Waals surface area contributed by atoms with Gasteiger partial charge in [0, 0.05) is 31.7 Å². The number of morpholine rings is 1. The van der Waals surface area contributed by atoms with Crippen LogP contribution in [0.1, 0.15) is 34.1 Å². The highest BCUT2D eigenvalue weighted by Crippen LogP contribution is 2.12. The molecule has 0 aromatic heterocycles. The van der Waals surface area contributed by atoms with Gasteiger partial charge in [-0.2, -0.15) is 0 Å². The lowest BCUT2D eigenvalue weighted by molar-refractivity contribution is -0.0218. The number of ether oxygens (including phenoxy) is 2. The lowest BCUT2D eigenvalue weighted by atomic mass is 10.1. The largest absolute Gasteiger partial charge is 0.444 e. The summed E-state index contributed by atoms with van der Waals surface area (Å²) in [7, 11) is 0. The monoisotopic (exact) mass is 287 g/mol. The molecule has 0 aromatic carbocycles. The molecular weight excluding hydrogens is 258 g/mol. The molecule has 2 atom stereocenters. The van der Waals surface area contributed by atoms with Gasteiger partial charge < -0.3 is 20.5 Å². The second-order valence-electron chi connectivity index (χ2n) is 6.27. The number of amides is 1. The van der Waals surface area contributed by atoms with Crippen LogP contribution in [-0.2, 0) is 9.47 Å². The van der Waals surface area contributed by atoms with Crippen molar-refractivity contribution in [1.82, 2.24) is 10.2 Å². The predicted octanol–water partition coefficient (Wildman–Crippen LogP) is 0.949. The molecule has 1 saturated heterocycles. The summed E-state index contributed by atoms with van der Waals surface area (Å²) in [6.45, 7) is 11.2. The third kappa shape index (κ3) is 6.07. The van der Waals surface area contributed by atoms with Gasteiger partial charge in [0.1, 0.15) is 5.60 Å². The molecule has 6 heteroatoms. The van der Waals surface area contributed by atoms with Crippen molar-refractivity contribution >= 4 is 6.09 Å². The van der Waals surface area contributed by atoms with Gasteiger partial charge in [0.15, 0.2) is 0 Å². The minimum atomic E-state index is -0.462. The fourth-order valence-electron chi connectivity index (χ4n) is 2.36. The van der Waals surface area contributed by atoms with Crippen molar-refractivity contribution in [2.75, 3.05) is 32.8 Å². The molecule has 0 radical (unpaired) electrons. The zero-order valence-corrected chi connectivity index (χ0v) is 13.1. The molecule has 3 N–H and O–H groups in total. The average molecular weight is 287 g/mol. The molecule has 2 unspecified atom stereocenters. The number of carbonyl (C=O) groups is 1. The van der Waals surface area contributed by atoms with Crippen LogP contribution in [0, 0.1) is 0 Å². The first-order valence-electron chi connectivity index (χ1n) is 7.34. The quantitative estimate of drug-likeness (QED) is 0.787. The van der Waals surface area contributed by atoms with Gasteiger partial charge in [0.05, 0.1) is 13.2 Å². The van der Waals surface area contributed by atoms with E-state index in [1.807, 2.05) is 20.8 Å². The van der Waals surface area contributed by atoms with Crippen LogP contribution in [0.2, 0.25) is 0 Å². The molecule has 20 heavy (non-hydrogen) atoms. The normalized spacial score (nSPS) is 22.4. The molecule has 118 valence electrons. The van der Waals surface area contributed by atoms with Crippen molar-refractivity contribution in [2.45, 2.75) is 51.8 Å². The van der Waals surface area contributed by atoms with Crippen molar-refractivity contribution in [3.63, 3.8) is 0 Å². The average Bonchev–Trinajstić information content (AvgIpc) is 2.34. The summed E-state index contributed by atoms with van der Waals surface area (Å²) >= 11 is 0. The van der Waals surface area contributed by atoms with Gasteiger partial charge in [-0.05, 0) is 34.1 Å². The SMILES string of the molecule is CC1COCCN1C(CN)CCNC(=O)OC(C)(C)C. The number of alkyl carbamates (subject to hydrolysis) is 1. The van der Waals surface area contributed by atoms with Crippen LogP contribution < -0.4 is 11.1 Å². The van der Waals surface area contributed by atoms with Crippen LogP contribution in [-0.4, -0.2) is 61.5 Å². The zero-order valence-electron chi connectivity index (χ0n) is 13.1. The Labute approximate surface area is 122 Å². The van der Waals surface area contributed by atoms with E-state index in [1.54, 1.807) is 0 Å². The van der Waals surface area contributed by atoms with Gasteiger partial charge >= 0.3 is 6.09 Å². The molecule has 0 bridgehead atoms. The van der Waals surface area contributed by atoms with Gasteiger partial charge in [0.2, 0.25) is 0 Å². The lowest BCUT2D eigenvalue weighted by Gasteiger charge is -2.39. The Balaban J connectivity index is 2.32. The number of nitrogens with one attached hydrogen (secondary N) is 1. The first kappa shape index (κ1) is 17.2. The Morgan fingerprint density at radius 2 is 2.25 bits per heavy atom. The minimum Gasteiger partial charge on any atom is -0.444 e. The van der Waals surface area contributed by atoms with E-state index in [2.05, 4.69) is 17.1 Å². The predicted molar refractivity (Wildman–Crippen MR) is 78.7 cm³/mol. The molecule has 6 nitrogen and oxygen atoms in total. The Hall–Kier alpha value is -0.850. The third-order valence-corrected chi connectivity index (χ3v) is 3.31. The second kappa shape index (κ2) is 7.81. The summed E-state index contributed by atoms with van der Waals surface area (Å²) in [6.07, 6.45) is 0.448. The number of hydrogen-bond acceptors (Lipinski definition) is 5. The van der Waals surface area contributed by atoms with Crippen molar-refractivity contribution in [3.8, 4) is 0 Å². The maximum Gasteiger partial charge on any atom is 0.407 e. The molecule has 0 saturated carbocycles. The zero-order chi connectivity index (χ0) is 15.2. The number of carbonyl (C=O) groups excluding carboxylic acids is 1. The molecule has 1 fully saturated rings. The first-order chi connectivity index (χ1) is 9.33. The Kier molecular flexibility index (Phi) is 6.71. The van der Waals surface area contributed by atoms with E-state index in [4.69, 9.17) is 15.2 Å². The Morgan fingerprint density at radius 3 is 2.80 bits per heavy atom. The van der Waals surface area contributed by atoms with Gasteiger partial charge in [-0.15, -0.1) is 0 Å². The third-order valence-electron chi connectivity index (χ3n) is 3.31. The van der Waals surface area contributed by atoms with Crippen LogP contribution in [0.25, 0.3) is 0 Å². The molecule has 1 rings (SSSR count). The molecule has 1 heterocycles. The smallest absolute Gasteiger partial charge is 0.407 e. The van der Waals surface area contributed by atoms with E-state index in [0.717, 1.165) is 26.2 Å². The second-order valence-corrected chi connectivity index (χ2v) is 6.27. The van der Waals surface area contributed by atoms with Gasteiger partial charge in [-0.3, -0.25) is 4.90 Å². The van der Waals surface area contributed by atoms with E-state index in [0.29, 0.717) is 19.1 Å². The Morgan fingerprint density at radius 1 is 1.55 bits per heavy atom. The maximum atomic E-state index is 11.6. The minimum absolute atomic E-state index is 0.267. The van der Waals surface area contributed by atoms with Crippen LogP contribution in [0.3, 0.4) is 0 Å². The number of nitrogens with two attached hydrogens (primary N) is 1. The first-order valence-corrected chi connectivity index (χ1v) is 7.34. The number of rotatable bonds is 5. The van der Waals surface area contributed by atoms with Crippen molar-refractivity contribution in [1.29, 1.82) is 0 Å². The van der Waals surface area contributed by atoms with Crippen LogP contribution in [0.15, 0.2) is 0 Å². The summed E-state index contributed by atoms with van der Waals surface area (Å²) in [4.78, 5) is 13.9. The van der Waals surface area contributed by atoms with E-state index in [-0.39, 0.29) is 12.1 Å². The molecule has 1 aliphatic rings.